The van der Waals surface area contributed by atoms with Gasteiger partial charge < -0.3 is 5.32 Å². The number of rotatable bonds is 5. The van der Waals surface area contributed by atoms with Gasteiger partial charge in [-0.3, -0.25) is 4.68 Å². The fourth-order valence-electron chi connectivity index (χ4n) is 1.77. The number of nitrogens with zero attached hydrogens (tertiary/aromatic N) is 2. The Morgan fingerprint density at radius 2 is 2.28 bits per heavy atom. The van der Waals surface area contributed by atoms with E-state index in [0.29, 0.717) is 0 Å². The molecule has 0 saturated heterocycles. The summed E-state index contributed by atoms with van der Waals surface area (Å²) in [5, 5.41) is 7.83. The van der Waals surface area contributed by atoms with Gasteiger partial charge in [0.1, 0.15) is 0 Å². The molecule has 3 nitrogen and oxygen atoms in total. The van der Waals surface area contributed by atoms with E-state index >= 15 is 0 Å². The van der Waals surface area contributed by atoms with Crippen LogP contribution in [0.4, 0.5) is 0 Å². The van der Waals surface area contributed by atoms with Gasteiger partial charge in [0.2, 0.25) is 0 Å². The third-order valence-electron chi connectivity index (χ3n) is 2.61. The summed E-state index contributed by atoms with van der Waals surface area (Å²) in [6.45, 7) is 3.17. The first-order chi connectivity index (χ1) is 8.61. The third-order valence-corrected chi connectivity index (χ3v) is 5.93. The molecule has 0 aliphatic rings. The van der Waals surface area contributed by atoms with Gasteiger partial charge in [0.25, 0.3) is 0 Å². The number of thiophene rings is 1. The largest absolute Gasteiger partial charge is 0.306 e. The molecule has 0 saturated carbocycles. The van der Waals surface area contributed by atoms with Gasteiger partial charge in [-0.25, -0.2) is 0 Å². The van der Waals surface area contributed by atoms with Crippen molar-refractivity contribution in [1.82, 2.24) is 15.1 Å². The van der Waals surface area contributed by atoms with Crippen LogP contribution in [0.15, 0.2) is 26.7 Å². The lowest BCUT2D eigenvalue weighted by Crippen LogP contribution is -2.22. The van der Waals surface area contributed by atoms with Crippen molar-refractivity contribution in [2.45, 2.75) is 19.4 Å². The first-order valence-electron chi connectivity index (χ1n) is 5.78. The number of aromatic nitrogens is 2. The molecule has 6 heteroatoms. The number of hydrogen-bond donors (Lipinski definition) is 1. The van der Waals surface area contributed by atoms with E-state index in [1.54, 1.807) is 11.3 Å². The maximum absolute atomic E-state index is 4.26. The Labute approximate surface area is 128 Å². The Morgan fingerprint density at radius 1 is 1.50 bits per heavy atom. The van der Waals surface area contributed by atoms with Gasteiger partial charge >= 0.3 is 0 Å². The fourth-order valence-corrected chi connectivity index (χ4v) is 3.96. The van der Waals surface area contributed by atoms with Gasteiger partial charge in [0, 0.05) is 28.2 Å². The van der Waals surface area contributed by atoms with Crippen LogP contribution in [0.2, 0.25) is 0 Å². The molecular formula is C12H15Br2N3S. The zero-order valence-corrected chi connectivity index (χ0v) is 14.3. The highest BCUT2D eigenvalue weighted by molar-refractivity contribution is 9.13. The number of hydrogen-bond acceptors (Lipinski definition) is 3. The predicted molar refractivity (Wildman–Crippen MR) is 83.1 cm³/mol. The van der Waals surface area contributed by atoms with E-state index in [1.165, 1.54) is 10.4 Å². The first-order valence-corrected chi connectivity index (χ1v) is 8.18. The molecule has 2 heterocycles. The molecular weight excluding hydrogens is 378 g/mol. The molecule has 1 N–H and O–H groups in total. The zero-order valence-electron chi connectivity index (χ0n) is 10.3. The molecule has 0 spiro atoms. The van der Waals surface area contributed by atoms with Crippen molar-refractivity contribution < 1.29 is 0 Å². The molecule has 1 atom stereocenters. The second-order valence-corrected chi connectivity index (χ2v) is 7.36. The number of aryl methyl sites for hydroxylation is 1. The van der Waals surface area contributed by atoms with E-state index in [2.05, 4.69) is 61.5 Å². The van der Waals surface area contributed by atoms with Crippen LogP contribution in [0.1, 0.15) is 29.8 Å². The Hall–Kier alpha value is -0.170. The van der Waals surface area contributed by atoms with Crippen LogP contribution >= 0.6 is 43.2 Å². The molecule has 0 aromatic carbocycles. The quantitative estimate of drug-likeness (QED) is 0.830. The second-order valence-electron chi connectivity index (χ2n) is 4.10. The molecule has 2 aromatic heterocycles. The minimum absolute atomic E-state index is 0.214. The Bertz CT molecular complexity index is 502. The molecule has 0 amide bonds. The summed E-state index contributed by atoms with van der Waals surface area (Å²) in [6, 6.07) is 2.38. The van der Waals surface area contributed by atoms with Crippen LogP contribution in [0.5, 0.6) is 0 Å². The summed E-state index contributed by atoms with van der Waals surface area (Å²) in [4.78, 5) is 1.29. The van der Waals surface area contributed by atoms with Crippen molar-refractivity contribution in [2.24, 2.45) is 7.05 Å². The molecule has 2 aromatic rings. The number of nitrogens with one attached hydrogen (secondary N) is 1. The van der Waals surface area contributed by atoms with E-state index in [4.69, 9.17) is 0 Å². The molecule has 1 unspecified atom stereocenters. The van der Waals surface area contributed by atoms with Gasteiger partial charge in [-0.2, -0.15) is 5.10 Å². The molecule has 2 rings (SSSR count). The summed E-state index contributed by atoms with van der Waals surface area (Å²) >= 11 is 8.85. The zero-order chi connectivity index (χ0) is 13.1. The molecule has 0 aliphatic carbocycles. The average molecular weight is 393 g/mol. The lowest BCUT2D eigenvalue weighted by atomic mass is 10.1. The van der Waals surface area contributed by atoms with Crippen LogP contribution in [0.3, 0.4) is 0 Å². The lowest BCUT2D eigenvalue weighted by molar-refractivity contribution is 0.605. The van der Waals surface area contributed by atoms with Crippen molar-refractivity contribution in [3.63, 3.8) is 0 Å². The van der Waals surface area contributed by atoms with Gasteiger partial charge in [-0.15, -0.1) is 11.3 Å². The van der Waals surface area contributed by atoms with Crippen LogP contribution in [0, 0.1) is 0 Å². The molecule has 0 bridgehead atoms. The van der Waals surface area contributed by atoms with Crippen molar-refractivity contribution in [3.8, 4) is 0 Å². The minimum atomic E-state index is 0.214. The highest BCUT2D eigenvalue weighted by Crippen LogP contribution is 2.37. The van der Waals surface area contributed by atoms with Crippen molar-refractivity contribution in [1.29, 1.82) is 0 Å². The molecule has 0 radical (unpaired) electrons. The highest BCUT2D eigenvalue weighted by atomic mass is 79.9. The average Bonchev–Trinajstić information content (AvgIpc) is 2.88. The van der Waals surface area contributed by atoms with E-state index < -0.39 is 0 Å². The van der Waals surface area contributed by atoms with E-state index in [0.717, 1.165) is 21.2 Å². The standard InChI is InChI=1S/C12H15Br2N3S/c1-3-4-15-11(8-6-16-17(2)7-8)10-5-9(13)12(14)18-10/h5-7,11,15H,3-4H2,1-2H3. The molecule has 18 heavy (non-hydrogen) atoms. The normalized spacial score (nSPS) is 12.9. The highest BCUT2D eigenvalue weighted by Gasteiger charge is 2.18. The van der Waals surface area contributed by atoms with E-state index in [1.807, 2.05) is 17.9 Å². The summed E-state index contributed by atoms with van der Waals surface area (Å²) in [6.07, 6.45) is 5.11. The number of halogens is 2. The molecule has 0 fully saturated rings. The predicted octanol–water partition coefficient (Wildman–Crippen LogP) is 4.10. The van der Waals surface area contributed by atoms with E-state index in [-0.39, 0.29) is 6.04 Å². The third kappa shape index (κ3) is 3.23. The summed E-state index contributed by atoms with van der Waals surface area (Å²) < 4.78 is 4.08. The van der Waals surface area contributed by atoms with Crippen molar-refractivity contribution >= 4 is 43.2 Å². The van der Waals surface area contributed by atoms with Crippen LogP contribution in [0.25, 0.3) is 0 Å². The molecule has 98 valence electrons. The summed E-state index contributed by atoms with van der Waals surface area (Å²) in [7, 11) is 1.95. The van der Waals surface area contributed by atoms with Crippen LogP contribution in [-0.2, 0) is 7.05 Å². The minimum Gasteiger partial charge on any atom is -0.306 e. The Kier molecular flexibility index (Phi) is 5.00. The maximum atomic E-state index is 4.26. The van der Waals surface area contributed by atoms with Gasteiger partial charge in [0.05, 0.1) is 16.0 Å². The maximum Gasteiger partial charge on any atom is 0.0843 e. The topological polar surface area (TPSA) is 29.9 Å². The van der Waals surface area contributed by atoms with Gasteiger partial charge in [-0.1, -0.05) is 6.92 Å². The summed E-state index contributed by atoms with van der Waals surface area (Å²) in [5.41, 5.74) is 1.20. The van der Waals surface area contributed by atoms with E-state index in [9.17, 15) is 0 Å². The van der Waals surface area contributed by atoms with Gasteiger partial charge in [-0.05, 0) is 50.9 Å². The van der Waals surface area contributed by atoms with Crippen LogP contribution < -0.4 is 5.32 Å². The lowest BCUT2D eigenvalue weighted by Gasteiger charge is -2.15. The second kappa shape index (κ2) is 6.32. The smallest absolute Gasteiger partial charge is 0.0843 e. The first kappa shape index (κ1) is 14.2. The summed E-state index contributed by atoms with van der Waals surface area (Å²) in [5.74, 6) is 0. The Morgan fingerprint density at radius 3 is 2.78 bits per heavy atom. The van der Waals surface area contributed by atoms with Crippen molar-refractivity contribution in [3.05, 3.63) is 37.2 Å². The Balaban J connectivity index is 2.30. The molecule has 0 aliphatic heterocycles. The van der Waals surface area contributed by atoms with Gasteiger partial charge in [0.15, 0.2) is 0 Å². The van der Waals surface area contributed by atoms with Crippen LogP contribution in [-0.4, -0.2) is 16.3 Å². The monoisotopic (exact) mass is 391 g/mol. The fraction of sp³-hybridized carbons (Fsp3) is 0.417. The van der Waals surface area contributed by atoms with Crippen molar-refractivity contribution in [2.75, 3.05) is 6.54 Å². The SMILES string of the molecule is CCCNC(c1cnn(C)c1)c1cc(Br)c(Br)s1.